The highest BCUT2D eigenvalue weighted by atomic mass is 16.4. The number of aliphatic carboxylic acids is 1. The van der Waals surface area contributed by atoms with Crippen molar-refractivity contribution in [3.63, 3.8) is 0 Å². The van der Waals surface area contributed by atoms with E-state index in [2.05, 4.69) is 0 Å². The van der Waals surface area contributed by atoms with Gasteiger partial charge in [-0.2, -0.15) is 0 Å². The smallest absolute Gasteiger partial charge is 0.303 e. The minimum atomic E-state index is -0.776. The number of carboxylic acids is 1. The van der Waals surface area contributed by atoms with Gasteiger partial charge in [-0.25, -0.2) is 0 Å². The average Bonchev–Trinajstić information content (AvgIpc) is 2.47. The first kappa shape index (κ1) is 14.3. The van der Waals surface area contributed by atoms with E-state index in [4.69, 9.17) is 10.2 Å². The second kappa shape index (κ2) is 6.87. The molecule has 0 radical (unpaired) electrons. The maximum atomic E-state index is 10.6. The molecule has 0 aliphatic carbocycles. The van der Waals surface area contributed by atoms with Gasteiger partial charge < -0.3 is 10.2 Å². The first-order valence-electron chi connectivity index (χ1n) is 6.70. The summed E-state index contributed by atoms with van der Waals surface area (Å²) in [5.74, 6) is -0.776. The Kier molecular flexibility index (Phi) is 4.91. The lowest BCUT2D eigenvalue weighted by atomic mass is 9.96. The van der Waals surface area contributed by atoms with Crippen molar-refractivity contribution in [3.8, 4) is 11.1 Å². The van der Waals surface area contributed by atoms with E-state index in [-0.39, 0.29) is 13.0 Å². The van der Waals surface area contributed by atoms with Crippen LogP contribution in [0.3, 0.4) is 0 Å². The molecule has 20 heavy (non-hydrogen) atoms. The lowest BCUT2D eigenvalue weighted by Gasteiger charge is -2.09. The predicted octanol–water partition coefficient (Wildman–Crippen LogP) is 2.91. The third kappa shape index (κ3) is 3.68. The third-order valence-corrected chi connectivity index (χ3v) is 3.29. The normalized spacial score (nSPS) is 10.4. The second-order valence-corrected chi connectivity index (χ2v) is 4.72. The fourth-order valence-electron chi connectivity index (χ4n) is 2.24. The fourth-order valence-corrected chi connectivity index (χ4v) is 2.24. The highest BCUT2D eigenvalue weighted by Gasteiger charge is 2.05. The maximum absolute atomic E-state index is 10.6. The second-order valence-electron chi connectivity index (χ2n) is 4.72. The van der Waals surface area contributed by atoms with E-state index in [1.54, 1.807) is 0 Å². The summed E-state index contributed by atoms with van der Waals surface area (Å²) in [7, 11) is 0. The standard InChI is InChI=1S/C17H18O3/c18-12-11-14-3-1-2-4-16(14)15-8-5-13(6-9-15)7-10-17(19)20/h1-6,8-9,18H,7,10-12H2,(H,19,20). The van der Waals surface area contributed by atoms with Crippen LogP contribution in [0.2, 0.25) is 0 Å². The zero-order valence-electron chi connectivity index (χ0n) is 11.2. The zero-order valence-corrected chi connectivity index (χ0v) is 11.2. The van der Waals surface area contributed by atoms with Crippen LogP contribution in [0, 0.1) is 0 Å². The molecule has 0 aromatic heterocycles. The Morgan fingerprint density at radius 3 is 2.30 bits per heavy atom. The van der Waals surface area contributed by atoms with E-state index in [1.807, 2.05) is 48.5 Å². The zero-order chi connectivity index (χ0) is 14.4. The summed E-state index contributed by atoms with van der Waals surface area (Å²) in [6.07, 6.45) is 1.34. The molecule has 0 spiro atoms. The lowest BCUT2D eigenvalue weighted by molar-refractivity contribution is -0.136. The number of carboxylic acid groups (broad SMARTS) is 1. The third-order valence-electron chi connectivity index (χ3n) is 3.29. The van der Waals surface area contributed by atoms with Crippen LogP contribution >= 0.6 is 0 Å². The van der Waals surface area contributed by atoms with Gasteiger partial charge in [-0.3, -0.25) is 4.79 Å². The predicted molar refractivity (Wildman–Crippen MR) is 78.6 cm³/mol. The molecule has 0 fully saturated rings. The molecule has 2 N–H and O–H groups in total. The van der Waals surface area contributed by atoms with Gasteiger partial charge in [-0.1, -0.05) is 48.5 Å². The summed E-state index contributed by atoms with van der Waals surface area (Å²) in [4.78, 5) is 10.6. The summed E-state index contributed by atoms with van der Waals surface area (Å²) in [6.45, 7) is 0.133. The van der Waals surface area contributed by atoms with Crippen molar-refractivity contribution in [1.82, 2.24) is 0 Å². The highest BCUT2D eigenvalue weighted by molar-refractivity contribution is 5.68. The number of aliphatic hydroxyl groups excluding tert-OH is 1. The first-order chi connectivity index (χ1) is 9.70. The van der Waals surface area contributed by atoms with Gasteiger partial charge in [-0.15, -0.1) is 0 Å². The number of rotatable bonds is 6. The Bertz CT molecular complexity index is 573. The Morgan fingerprint density at radius 1 is 0.950 bits per heavy atom. The Labute approximate surface area is 118 Å². The van der Waals surface area contributed by atoms with Crippen molar-refractivity contribution in [2.75, 3.05) is 6.61 Å². The summed E-state index contributed by atoms with van der Waals surface area (Å²) in [5.41, 5.74) is 4.35. The molecular weight excluding hydrogens is 252 g/mol. The van der Waals surface area contributed by atoms with Crippen LogP contribution in [-0.4, -0.2) is 22.8 Å². The molecular formula is C17H18O3. The van der Waals surface area contributed by atoms with Crippen molar-refractivity contribution >= 4 is 5.97 Å². The van der Waals surface area contributed by atoms with E-state index in [9.17, 15) is 4.79 Å². The molecule has 0 aliphatic heterocycles. The fraction of sp³-hybridized carbons (Fsp3) is 0.235. The Balaban J connectivity index is 2.19. The SMILES string of the molecule is O=C(O)CCc1ccc(-c2ccccc2CCO)cc1. The van der Waals surface area contributed by atoms with Crippen LogP contribution in [0.15, 0.2) is 48.5 Å². The van der Waals surface area contributed by atoms with Crippen LogP contribution in [0.5, 0.6) is 0 Å². The average molecular weight is 270 g/mol. The molecule has 0 amide bonds. The van der Waals surface area contributed by atoms with Crippen LogP contribution in [0.1, 0.15) is 17.5 Å². The molecule has 0 saturated heterocycles. The molecule has 0 bridgehead atoms. The monoisotopic (exact) mass is 270 g/mol. The van der Waals surface area contributed by atoms with E-state index in [1.165, 1.54) is 0 Å². The molecule has 3 nitrogen and oxygen atoms in total. The molecule has 0 aliphatic rings. The molecule has 0 heterocycles. The maximum Gasteiger partial charge on any atom is 0.303 e. The summed E-state index contributed by atoms with van der Waals surface area (Å²) < 4.78 is 0. The molecule has 2 rings (SSSR count). The van der Waals surface area contributed by atoms with Crippen molar-refractivity contribution in [2.24, 2.45) is 0 Å². The highest BCUT2D eigenvalue weighted by Crippen LogP contribution is 2.24. The van der Waals surface area contributed by atoms with Gasteiger partial charge in [0.15, 0.2) is 0 Å². The van der Waals surface area contributed by atoms with Gasteiger partial charge in [-0.05, 0) is 35.1 Å². The van der Waals surface area contributed by atoms with E-state index in [0.717, 1.165) is 22.3 Å². The summed E-state index contributed by atoms with van der Waals surface area (Å²) in [6, 6.07) is 16.0. The van der Waals surface area contributed by atoms with E-state index < -0.39 is 5.97 Å². The van der Waals surface area contributed by atoms with Crippen molar-refractivity contribution in [1.29, 1.82) is 0 Å². The molecule has 0 atom stereocenters. The number of carbonyl (C=O) groups is 1. The molecule has 3 heteroatoms. The van der Waals surface area contributed by atoms with Crippen molar-refractivity contribution in [2.45, 2.75) is 19.3 Å². The molecule has 2 aromatic rings. The van der Waals surface area contributed by atoms with Gasteiger partial charge in [0.05, 0.1) is 0 Å². The van der Waals surface area contributed by atoms with Gasteiger partial charge in [0, 0.05) is 13.0 Å². The van der Waals surface area contributed by atoms with Crippen molar-refractivity contribution in [3.05, 3.63) is 59.7 Å². The number of aryl methyl sites for hydroxylation is 1. The minimum absolute atomic E-state index is 0.133. The summed E-state index contributed by atoms with van der Waals surface area (Å²) in [5, 5.41) is 17.8. The first-order valence-corrected chi connectivity index (χ1v) is 6.70. The minimum Gasteiger partial charge on any atom is -0.481 e. The van der Waals surface area contributed by atoms with Crippen LogP contribution in [0.4, 0.5) is 0 Å². The van der Waals surface area contributed by atoms with Crippen LogP contribution in [-0.2, 0) is 17.6 Å². The van der Waals surface area contributed by atoms with Crippen molar-refractivity contribution < 1.29 is 15.0 Å². The van der Waals surface area contributed by atoms with E-state index in [0.29, 0.717) is 12.8 Å². The molecule has 0 saturated carbocycles. The lowest BCUT2D eigenvalue weighted by Crippen LogP contribution is -1.97. The molecule has 104 valence electrons. The molecule has 2 aromatic carbocycles. The van der Waals surface area contributed by atoms with Crippen LogP contribution in [0.25, 0.3) is 11.1 Å². The number of aliphatic hydroxyl groups is 1. The van der Waals surface area contributed by atoms with Gasteiger partial charge >= 0.3 is 5.97 Å². The molecule has 0 unspecified atom stereocenters. The van der Waals surface area contributed by atoms with Crippen LogP contribution < -0.4 is 0 Å². The number of hydrogen-bond acceptors (Lipinski definition) is 2. The Hall–Kier alpha value is -2.13. The van der Waals surface area contributed by atoms with E-state index >= 15 is 0 Å². The van der Waals surface area contributed by atoms with Gasteiger partial charge in [0.2, 0.25) is 0 Å². The topological polar surface area (TPSA) is 57.5 Å². The Morgan fingerprint density at radius 2 is 1.65 bits per heavy atom. The quantitative estimate of drug-likeness (QED) is 0.848. The van der Waals surface area contributed by atoms with Gasteiger partial charge in [0.1, 0.15) is 0 Å². The van der Waals surface area contributed by atoms with Gasteiger partial charge in [0.25, 0.3) is 0 Å². The number of hydrogen-bond donors (Lipinski definition) is 2. The number of benzene rings is 2. The summed E-state index contributed by atoms with van der Waals surface area (Å²) >= 11 is 0. The largest absolute Gasteiger partial charge is 0.481 e.